The van der Waals surface area contributed by atoms with Crippen LogP contribution >= 0.6 is 0 Å². The van der Waals surface area contributed by atoms with Gasteiger partial charge in [0.15, 0.2) is 17.4 Å². The molecule has 2 aromatic carbocycles. The molecule has 2 atom stereocenters. The fraction of sp³-hybridized carbons (Fsp3) is 0.348. The Labute approximate surface area is 185 Å². The van der Waals surface area contributed by atoms with E-state index in [9.17, 15) is 14.7 Å². The lowest BCUT2D eigenvalue weighted by Gasteiger charge is -2.37. The maximum Gasteiger partial charge on any atom is 0.321 e. The minimum atomic E-state index is -1.16. The van der Waals surface area contributed by atoms with E-state index in [1.54, 1.807) is 26.2 Å². The molecule has 1 aromatic heterocycles. The summed E-state index contributed by atoms with van der Waals surface area (Å²) in [6.07, 6.45) is 0. The number of phenolic OH excluding ortho intramolecular Hbond substituents is 1. The van der Waals surface area contributed by atoms with Gasteiger partial charge in [-0.1, -0.05) is 18.2 Å². The third-order valence-electron chi connectivity index (χ3n) is 5.55. The average Bonchev–Trinajstić information content (AvgIpc) is 3.17. The fourth-order valence-electron chi connectivity index (χ4n) is 4.13. The third-order valence-corrected chi connectivity index (χ3v) is 5.55. The molecule has 1 N–H and O–H groups in total. The SMILES string of the molecule is CCOC(=O)[C@H]1C(=O)N(CCOC)c2nc3ccccc3n2[C@@H]1c1ccc(OC)c(O)c1. The zero-order chi connectivity index (χ0) is 22.8. The molecule has 32 heavy (non-hydrogen) atoms. The summed E-state index contributed by atoms with van der Waals surface area (Å²) >= 11 is 0. The van der Waals surface area contributed by atoms with Gasteiger partial charge in [-0.15, -0.1) is 0 Å². The van der Waals surface area contributed by atoms with Gasteiger partial charge in [0.1, 0.15) is 0 Å². The smallest absolute Gasteiger partial charge is 0.321 e. The minimum Gasteiger partial charge on any atom is -0.504 e. The first kappa shape index (κ1) is 21.6. The highest BCUT2D eigenvalue weighted by Gasteiger charge is 2.47. The first-order valence-electron chi connectivity index (χ1n) is 10.3. The van der Waals surface area contributed by atoms with E-state index in [2.05, 4.69) is 4.98 Å². The number of carbonyl (C=O) groups is 2. The van der Waals surface area contributed by atoms with Gasteiger partial charge in [-0.2, -0.15) is 0 Å². The standard InChI is InChI=1S/C23H25N3O6/c1-4-32-22(29)19-20(14-9-10-18(31-3)17(27)13-14)26-16-8-6-5-7-15(16)24-23(26)25(21(19)28)11-12-30-2/h5-10,13,19-20,27H,4,11-12H2,1-3H3/t19-,20-/m1/s1. The van der Waals surface area contributed by atoms with Crippen LogP contribution in [0.4, 0.5) is 5.95 Å². The van der Waals surface area contributed by atoms with E-state index >= 15 is 0 Å². The summed E-state index contributed by atoms with van der Waals surface area (Å²) in [6.45, 7) is 2.34. The van der Waals surface area contributed by atoms with E-state index in [1.165, 1.54) is 18.1 Å². The van der Waals surface area contributed by atoms with Gasteiger partial charge in [-0.25, -0.2) is 4.98 Å². The van der Waals surface area contributed by atoms with Gasteiger partial charge in [0, 0.05) is 7.11 Å². The Balaban J connectivity index is 1.98. The first-order chi connectivity index (χ1) is 15.5. The van der Waals surface area contributed by atoms with Gasteiger partial charge >= 0.3 is 5.97 Å². The van der Waals surface area contributed by atoms with E-state index in [1.807, 2.05) is 28.8 Å². The number of fused-ring (bicyclic) bond motifs is 3. The maximum absolute atomic E-state index is 13.6. The van der Waals surface area contributed by atoms with Crippen LogP contribution in [0.5, 0.6) is 11.5 Å². The number of para-hydroxylation sites is 2. The van der Waals surface area contributed by atoms with Crippen LogP contribution in [0, 0.1) is 5.92 Å². The van der Waals surface area contributed by atoms with Gasteiger partial charge in [-0.3, -0.25) is 14.5 Å². The molecular formula is C23H25N3O6. The molecule has 2 heterocycles. The average molecular weight is 439 g/mol. The normalized spacial score (nSPS) is 18.0. The van der Waals surface area contributed by atoms with Crippen molar-refractivity contribution >= 4 is 28.9 Å². The second-order valence-electron chi connectivity index (χ2n) is 7.36. The number of methoxy groups -OCH3 is 2. The zero-order valence-corrected chi connectivity index (χ0v) is 18.1. The number of aromatic hydroxyl groups is 1. The van der Waals surface area contributed by atoms with Crippen LogP contribution < -0.4 is 9.64 Å². The summed E-state index contributed by atoms with van der Waals surface area (Å²) in [5.74, 6) is -1.61. The molecule has 9 heteroatoms. The molecule has 9 nitrogen and oxygen atoms in total. The highest BCUT2D eigenvalue weighted by Crippen LogP contribution is 2.42. The molecular weight excluding hydrogens is 414 g/mol. The molecule has 0 radical (unpaired) electrons. The number of hydrogen-bond donors (Lipinski definition) is 1. The molecule has 1 aliphatic heterocycles. The Morgan fingerprint density at radius 3 is 2.66 bits per heavy atom. The summed E-state index contributed by atoms with van der Waals surface area (Å²) in [5, 5.41) is 10.4. The van der Waals surface area contributed by atoms with Crippen molar-refractivity contribution in [3.63, 3.8) is 0 Å². The second kappa shape index (κ2) is 8.88. The second-order valence-corrected chi connectivity index (χ2v) is 7.36. The molecule has 168 valence electrons. The van der Waals surface area contributed by atoms with Crippen LogP contribution in [0.1, 0.15) is 18.5 Å². The summed E-state index contributed by atoms with van der Waals surface area (Å²) in [5.41, 5.74) is 2.00. The summed E-state index contributed by atoms with van der Waals surface area (Å²) in [4.78, 5) is 32.8. The highest BCUT2D eigenvalue weighted by molar-refractivity contribution is 6.08. The third kappa shape index (κ3) is 3.54. The van der Waals surface area contributed by atoms with Gasteiger partial charge in [0.2, 0.25) is 11.9 Å². The monoisotopic (exact) mass is 439 g/mol. The van der Waals surface area contributed by atoms with E-state index in [0.717, 1.165) is 5.52 Å². The van der Waals surface area contributed by atoms with Crippen LogP contribution in [0.2, 0.25) is 0 Å². The molecule has 1 aliphatic rings. The van der Waals surface area contributed by atoms with Gasteiger partial charge in [0.25, 0.3) is 0 Å². The topological polar surface area (TPSA) is 103 Å². The molecule has 4 rings (SSSR count). The lowest BCUT2D eigenvalue weighted by atomic mass is 9.89. The molecule has 0 saturated carbocycles. The number of aromatic nitrogens is 2. The number of phenols is 1. The lowest BCUT2D eigenvalue weighted by molar-refractivity contribution is -0.153. The fourth-order valence-corrected chi connectivity index (χ4v) is 4.13. The quantitative estimate of drug-likeness (QED) is 0.446. The van der Waals surface area contributed by atoms with Crippen molar-refractivity contribution < 1.29 is 28.9 Å². The van der Waals surface area contributed by atoms with Crippen molar-refractivity contribution in [2.75, 3.05) is 38.9 Å². The van der Waals surface area contributed by atoms with Gasteiger partial charge < -0.3 is 23.9 Å². The zero-order valence-electron chi connectivity index (χ0n) is 18.1. The Morgan fingerprint density at radius 1 is 1.19 bits per heavy atom. The molecule has 0 bridgehead atoms. The van der Waals surface area contributed by atoms with Crippen LogP contribution in [-0.2, 0) is 19.1 Å². The number of esters is 1. The number of imidazole rings is 1. The molecule has 3 aromatic rings. The van der Waals surface area contributed by atoms with Crippen molar-refractivity contribution in [3.05, 3.63) is 48.0 Å². The van der Waals surface area contributed by atoms with Crippen molar-refractivity contribution in [2.24, 2.45) is 5.92 Å². The Bertz CT molecular complexity index is 1160. The number of benzene rings is 2. The van der Waals surface area contributed by atoms with Gasteiger partial charge in [0.05, 0.1) is 43.9 Å². The number of ether oxygens (including phenoxy) is 3. The molecule has 0 unspecified atom stereocenters. The van der Waals surface area contributed by atoms with Crippen molar-refractivity contribution in [1.29, 1.82) is 0 Å². The van der Waals surface area contributed by atoms with Crippen LogP contribution in [0.15, 0.2) is 42.5 Å². The Morgan fingerprint density at radius 2 is 1.97 bits per heavy atom. The van der Waals surface area contributed by atoms with Crippen LogP contribution in [0.3, 0.4) is 0 Å². The van der Waals surface area contributed by atoms with Crippen LogP contribution in [0.25, 0.3) is 11.0 Å². The van der Waals surface area contributed by atoms with E-state index in [0.29, 0.717) is 22.8 Å². The molecule has 1 amide bonds. The molecule has 0 fully saturated rings. The van der Waals surface area contributed by atoms with Crippen LogP contribution in [-0.4, -0.2) is 60.5 Å². The minimum absolute atomic E-state index is 0.0900. The number of hydrogen-bond acceptors (Lipinski definition) is 7. The van der Waals surface area contributed by atoms with Crippen molar-refractivity contribution in [2.45, 2.75) is 13.0 Å². The molecule has 0 aliphatic carbocycles. The van der Waals surface area contributed by atoms with E-state index < -0.39 is 23.8 Å². The first-order valence-corrected chi connectivity index (χ1v) is 10.3. The summed E-state index contributed by atoms with van der Waals surface area (Å²) in [7, 11) is 3.00. The number of nitrogens with zero attached hydrogens (tertiary/aromatic N) is 3. The van der Waals surface area contributed by atoms with E-state index in [4.69, 9.17) is 14.2 Å². The highest BCUT2D eigenvalue weighted by atomic mass is 16.5. The number of anilines is 1. The molecule has 0 saturated heterocycles. The van der Waals surface area contributed by atoms with E-state index in [-0.39, 0.29) is 25.5 Å². The summed E-state index contributed by atoms with van der Waals surface area (Å²) in [6, 6.07) is 11.5. The Kier molecular flexibility index (Phi) is 6.00. The lowest BCUT2D eigenvalue weighted by Crippen LogP contribution is -2.51. The molecule has 0 spiro atoms. The summed E-state index contributed by atoms with van der Waals surface area (Å²) < 4.78 is 17.5. The maximum atomic E-state index is 13.6. The number of rotatable bonds is 7. The largest absolute Gasteiger partial charge is 0.504 e. The predicted molar refractivity (Wildman–Crippen MR) is 117 cm³/mol. The number of amides is 1. The van der Waals surface area contributed by atoms with Crippen molar-refractivity contribution in [3.8, 4) is 11.5 Å². The number of carbonyl (C=O) groups excluding carboxylic acids is 2. The van der Waals surface area contributed by atoms with Gasteiger partial charge in [-0.05, 0) is 36.8 Å². The van der Waals surface area contributed by atoms with Crippen molar-refractivity contribution in [1.82, 2.24) is 9.55 Å². The Hall–Kier alpha value is -3.59. The predicted octanol–water partition coefficient (Wildman–Crippen LogP) is 2.51.